The molecule has 0 spiro atoms. The SMILES string of the molecule is Cc1nc([C@@H]2CCCN(C(=O)[C@H]3CCCO3)C2)nc(C)c1CC(=O)Nc1ccc(F)cc1. The number of hydrogen-bond acceptors (Lipinski definition) is 5. The Balaban J connectivity index is 1.43. The number of likely N-dealkylation sites (tertiary alicyclic amines) is 1. The van der Waals surface area contributed by atoms with Gasteiger partial charge in [0.05, 0.1) is 6.42 Å². The zero-order valence-electron chi connectivity index (χ0n) is 18.6. The monoisotopic (exact) mass is 440 g/mol. The summed E-state index contributed by atoms with van der Waals surface area (Å²) in [6.45, 7) is 5.77. The number of nitrogens with zero attached hydrogens (tertiary/aromatic N) is 3. The number of aromatic nitrogens is 2. The lowest BCUT2D eigenvalue weighted by Crippen LogP contribution is -2.44. The minimum atomic E-state index is -0.350. The van der Waals surface area contributed by atoms with Crippen LogP contribution in [0.15, 0.2) is 24.3 Å². The van der Waals surface area contributed by atoms with Gasteiger partial charge in [-0.1, -0.05) is 0 Å². The molecule has 0 unspecified atom stereocenters. The smallest absolute Gasteiger partial charge is 0.251 e. The number of ether oxygens (including phenoxy) is 1. The fraction of sp³-hybridized carbons (Fsp3) is 0.500. The Morgan fingerprint density at radius 3 is 2.50 bits per heavy atom. The van der Waals surface area contributed by atoms with Gasteiger partial charge in [-0.25, -0.2) is 14.4 Å². The van der Waals surface area contributed by atoms with E-state index in [0.717, 1.165) is 55.0 Å². The number of halogens is 1. The number of benzene rings is 1. The van der Waals surface area contributed by atoms with Gasteiger partial charge < -0.3 is 15.0 Å². The molecule has 8 heteroatoms. The van der Waals surface area contributed by atoms with Gasteiger partial charge in [-0.15, -0.1) is 0 Å². The van der Waals surface area contributed by atoms with E-state index in [1.165, 1.54) is 24.3 Å². The highest BCUT2D eigenvalue weighted by Gasteiger charge is 2.33. The number of carbonyl (C=O) groups is 2. The van der Waals surface area contributed by atoms with Crippen LogP contribution in [0.5, 0.6) is 0 Å². The van der Waals surface area contributed by atoms with Crippen molar-refractivity contribution in [2.24, 2.45) is 0 Å². The average Bonchev–Trinajstić information content (AvgIpc) is 3.32. The van der Waals surface area contributed by atoms with Crippen molar-refractivity contribution in [1.82, 2.24) is 14.9 Å². The Morgan fingerprint density at radius 2 is 1.84 bits per heavy atom. The highest BCUT2D eigenvalue weighted by molar-refractivity contribution is 5.92. The predicted molar refractivity (Wildman–Crippen MR) is 118 cm³/mol. The van der Waals surface area contributed by atoms with Crippen LogP contribution in [0.2, 0.25) is 0 Å². The minimum absolute atomic E-state index is 0.0774. The third-order valence-corrected chi connectivity index (χ3v) is 6.21. The molecule has 32 heavy (non-hydrogen) atoms. The Labute approximate surface area is 187 Å². The quantitative estimate of drug-likeness (QED) is 0.771. The summed E-state index contributed by atoms with van der Waals surface area (Å²) in [5.41, 5.74) is 2.87. The third kappa shape index (κ3) is 5.12. The van der Waals surface area contributed by atoms with Crippen molar-refractivity contribution in [2.75, 3.05) is 25.0 Å². The maximum absolute atomic E-state index is 13.1. The number of rotatable bonds is 5. The highest BCUT2D eigenvalue weighted by Crippen LogP contribution is 2.28. The van der Waals surface area contributed by atoms with Crippen LogP contribution >= 0.6 is 0 Å². The molecule has 2 aromatic rings. The molecule has 2 atom stereocenters. The average molecular weight is 441 g/mol. The van der Waals surface area contributed by atoms with Crippen LogP contribution in [0.25, 0.3) is 0 Å². The molecule has 3 heterocycles. The van der Waals surface area contributed by atoms with Gasteiger partial charge in [0.15, 0.2) is 0 Å². The fourth-order valence-corrected chi connectivity index (χ4v) is 4.47. The molecule has 2 aliphatic rings. The zero-order valence-corrected chi connectivity index (χ0v) is 18.6. The van der Waals surface area contributed by atoms with Crippen LogP contribution < -0.4 is 5.32 Å². The van der Waals surface area contributed by atoms with E-state index in [0.29, 0.717) is 18.8 Å². The first-order valence-corrected chi connectivity index (χ1v) is 11.2. The first-order valence-electron chi connectivity index (χ1n) is 11.2. The van der Waals surface area contributed by atoms with Crippen LogP contribution in [0.1, 0.15) is 54.4 Å². The Kier molecular flexibility index (Phi) is 6.79. The number of nitrogens with one attached hydrogen (secondary N) is 1. The molecule has 0 aliphatic carbocycles. The number of aryl methyl sites for hydroxylation is 2. The zero-order chi connectivity index (χ0) is 22.7. The van der Waals surface area contributed by atoms with E-state index in [1.807, 2.05) is 18.7 Å². The van der Waals surface area contributed by atoms with Crippen molar-refractivity contribution < 1.29 is 18.7 Å². The van der Waals surface area contributed by atoms with Crippen LogP contribution in [0.3, 0.4) is 0 Å². The van der Waals surface area contributed by atoms with Gasteiger partial charge in [-0.05, 0) is 63.8 Å². The van der Waals surface area contributed by atoms with E-state index in [4.69, 9.17) is 14.7 Å². The molecular weight excluding hydrogens is 411 g/mol. The summed E-state index contributed by atoms with van der Waals surface area (Å²) in [5, 5.41) is 2.78. The Bertz CT molecular complexity index is 966. The van der Waals surface area contributed by atoms with Gasteiger partial charge in [-0.2, -0.15) is 0 Å². The van der Waals surface area contributed by atoms with Crippen LogP contribution in [0.4, 0.5) is 10.1 Å². The largest absolute Gasteiger partial charge is 0.368 e. The fourth-order valence-electron chi connectivity index (χ4n) is 4.47. The summed E-state index contributed by atoms with van der Waals surface area (Å²) in [6, 6.07) is 5.67. The van der Waals surface area contributed by atoms with Gasteiger partial charge in [-0.3, -0.25) is 9.59 Å². The van der Waals surface area contributed by atoms with E-state index in [2.05, 4.69) is 5.32 Å². The summed E-state index contributed by atoms with van der Waals surface area (Å²) >= 11 is 0. The summed E-state index contributed by atoms with van der Waals surface area (Å²) in [5.74, 6) is 0.332. The number of hydrogen-bond donors (Lipinski definition) is 1. The van der Waals surface area contributed by atoms with Crippen molar-refractivity contribution in [3.8, 4) is 0 Å². The number of anilines is 1. The van der Waals surface area contributed by atoms with E-state index in [9.17, 15) is 14.0 Å². The van der Waals surface area contributed by atoms with Gasteiger partial charge >= 0.3 is 0 Å². The molecule has 4 rings (SSSR count). The summed E-state index contributed by atoms with van der Waals surface area (Å²) < 4.78 is 18.6. The van der Waals surface area contributed by atoms with Crippen molar-refractivity contribution in [1.29, 1.82) is 0 Å². The van der Waals surface area contributed by atoms with Crippen molar-refractivity contribution in [3.63, 3.8) is 0 Å². The first-order chi connectivity index (χ1) is 15.4. The predicted octanol–water partition coefficient (Wildman–Crippen LogP) is 3.30. The maximum Gasteiger partial charge on any atom is 0.251 e. The van der Waals surface area contributed by atoms with Gasteiger partial charge in [0.2, 0.25) is 5.91 Å². The summed E-state index contributed by atoms with van der Waals surface area (Å²) in [6.07, 6.45) is 3.41. The lowest BCUT2D eigenvalue weighted by Gasteiger charge is -2.33. The minimum Gasteiger partial charge on any atom is -0.368 e. The lowest BCUT2D eigenvalue weighted by atomic mass is 9.95. The lowest BCUT2D eigenvalue weighted by molar-refractivity contribution is -0.142. The van der Waals surface area contributed by atoms with E-state index < -0.39 is 0 Å². The Morgan fingerprint density at radius 1 is 1.12 bits per heavy atom. The van der Waals surface area contributed by atoms with Crippen molar-refractivity contribution in [3.05, 3.63) is 52.9 Å². The maximum atomic E-state index is 13.1. The third-order valence-electron chi connectivity index (χ3n) is 6.21. The Hall–Kier alpha value is -2.87. The standard InChI is InChI=1S/C24H29FN4O3/c1-15-20(13-22(30)28-19-9-7-18(25)8-10-19)16(2)27-23(26-15)17-5-3-11-29(14-17)24(31)21-6-4-12-32-21/h7-10,17,21H,3-6,11-14H2,1-2H3,(H,28,30)/t17-,21-/m1/s1. The van der Waals surface area contributed by atoms with Crippen LogP contribution in [-0.4, -0.2) is 52.5 Å². The molecule has 2 aliphatic heterocycles. The molecule has 1 N–H and O–H groups in total. The number of amides is 2. The number of piperidine rings is 1. The van der Waals surface area contributed by atoms with Gasteiger partial charge in [0, 0.05) is 48.3 Å². The van der Waals surface area contributed by atoms with E-state index in [1.54, 1.807) is 0 Å². The van der Waals surface area contributed by atoms with Gasteiger partial charge in [0.25, 0.3) is 5.91 Å². The summed E-state index contributed by atoms with van der Waals surface area (Å²) in [4.78, 5) is 36.5. The first kappa shape index (κ1) is 22.3. The second-order valence-corrected chi connectivity index (χ2v) is 8.59. The molecule has 0 saturated carbocycles. The molecule has 0 radical (unpaired) electrons. The van der Waals surface area contributed by atoms with E-state index >= 15 is 0 Å². The highest BCUT2D eigenvalue weighted by atomic mass is 19.1. The molecule has 1 aromatic heterocycles. The summed E-state index contributed by atoms with van der Waals surface area (Å²) in [7, 11) is 0. The molecule has 2 fully saturated rings. The topological polar surface area (TPSA) is 84.4 Å². The number of carbonyl (C=O) groups excluding carboxylic acids is 2. The van der Waals surface area contributed by atoms with E-state index in [-0.39, 0.29) is 36.1 Å². The molecular formula is C24H29FN4O3. The molecule has 2 saturated heterocycles. The molecule has 170 valence electrons. The molecule has 0 bridgehead atoms. The molecule has 2 amide bonds. The molecule has 1 aromatic carbocycles. The molecule has 7 nitrogen and oxygen atoms in total. The second kappa shape index (κ2) is 9.73. The second-order valence-electron chi connectivity index (χ2n) is 8.59. The van der Waals surface area contributed by atoms with Crippen LogP contribution in [0, 0.1) is 19.7 Å². The normalized spacial score (nSPS) is 20.9. The van der Waals surface area contributed by atoms with Crippen molar-refractivity contribution >= 4 is 17.5 Å². The van der Waals surface area contributed by atoms with Crippen LogP contribution in [-0.2, 0) is 20.7 Å². The van der Waals surface area contributed by atoms with Gasteiger partial charge in [0.1, 0.15) is 17.7 Å². The van der Waals surface area contributed by atoms with Crippen molar-refractivity contribution in [2.45, 2.75) is 58.0 Å².